The first-order valence-electron chi connectivity index (χ1n) is 6.18. The molecule has 1 aliphatic rings. The van der Waals surface area contributed by atoms with E-state index in [9.17, 15) is 4.79 Å². The highest BCUT2D eigenvalue weighted by atomic mass is 32.1. The number of ether oxygens (including phenoxy) is 1. The van der Waals surface area contributed by atoms with Gasteiger partial charge in [-0.3, -0.25) is 4.79 Å². The van der Waals surface area contributed by atoms with Gasteiger partial charge >= 0.3 is 0 Å². The summed E-state index contributed by atoms with van der Waals surface area (Å²) in [6, 6.07) is 1.82. The minimum Gasteiger partial charge on any atom is -0.495 e. The average Bonchev–Trinajstić information content (AvgIpc) is 2.87. The van der Waals surface area contributed by atoms with Crippen LogP contribution in [-0.2, 0) is 0 Å². The number of likely N-dealkylation sites (tertiary alicyclic amines) is 1. The Hall–Kier alpha value is -1.14. The number of rotatable bonds is 3. The highest BCUT2D eigenvalue weighted by Gasteiger charge is 2.35. The molecule has 0 spiro atoms. The first kappa shape index (κ1) is 14.3. The number of hydrogen-bond acceptors (Lipinski definition) is 4. The van der Waals surface area contributed by atoms with E-state index in [1.807, 2.05) is 16.3 Å². The van der Waals surface area contributed by atoms with E-state index < -0.39 is 0 Å². The van der Waals surface area contributed by atoms with Gasteiger partial charge in [-0.15, -0.1) is 11.3 Å². The van der Waals surface area contributed by atoms with Crippen molar-refractivity contribution in [3.63, 3.8) is 0 Å². The average molecular weight is 298 g/mol. The van der Waals surface area contributed by atoms with E-state index in [1.165, 1.54) is 11.3 Å². The Balaban J connectivity index is 2.06. The third kappa shape index (κ3) is 2.74. The van der Waals surface area contributed by atoms with Gasteiger partial charge in [0, 0.05) is 18.5 Å². The third-order valence-electron chi connectivity index (χ3n) is 3.79. The van der Waals surface area contributed by atoms with Crippen LogP contribution in [-0.4, -0.2) is 36.0 Å². The summed E-state index contributed by atoms with van der Waals surface area (Å²) in [6.45, 7) is 3.45. The van der Waals surface area contributed by atoms with Gasteiger partial charge in [0.15, 0.2) is 0 Å². The zero-order chi connectivity index (χ0) is 14.0. The lowest BCUT2D eigenvalue weighted by atomic mass is 9.80. The number of carbonyl (C=O) groups excluding carboxylic acids is 1. The molecule has 4 nitrogen and oxygen atoms in total. The molecule has 0 unspecified atom stereocenters. The number of carbonyl (C=O) groups is 1. The minimum atomic E-state index is -0.119. The minimum absolute atomic E-state index is 0.0387. The molecule has 0 bridgehead atoms. The van der Waals surface area contributed by atoms with Crippen LogP contribution in [0.3, 0.4) is 0 Å². The number of nitrogens with two attached hydrogens (primary N) is 1. The number of thiocarbonyl (C=S) groups is 1. The smallest absolute Gasteiger partial charge is 0.267 e. The second-order valence-corrected chi connectivity index (χ2v) is 6.39. The van der Waals surface area contributed by atoms with Crippen LogP contribution in [0.2, 0.25) is 0 Å². The molecule has 1 amide bonds. The summed E-state index contributed by atoms with van der Waals surface area (Å²) in [4.78, 5) is 15.5. The second kappa shape index (κ2) is 5.46. The van der Waals surface area contributed by atoms with Crippen LogP contribution in [0.25, 0.3) is 0 Å². The molecule has 1 aromatic rings. The second-order valence-electron chi connectivity index (χ2n) is 5.04. The van der Waals surface area contributed by atoms with Gasteiger partial charge in [0.1, 0.15) is 10.6 Å². The Morgan fingerprint density at radius 2 is 2.16 bits per heavy atom. The van der Waals surface area contributed by atoms with Gasteiger partial charge in [-0.25, -0.2) is 0 Å². The highest BCUT2D eigenvalue weighted by Crippen LogP contribution is 2.33. The summed E-state index contributed by atoms with van der Waals surface area (Å²) in [5, 5.41) is 1.87. The van der Waals surface area contributed by atoms with Gasteiger partial charge in [0.2, 0.25) is 0 Å². The van der Waals surface area contributed by atoms with Gasteiger partial charge in [-0.05, 0) is 24.3 Å². The lowest BCUT2D eigenvalue weighted by Gasteiger charge is -2.38. The molecule has 19 heavy (non-hydrogen) atoms. The number of piperidine rings is 1. The standard InChI is InChI=1S/C13H18N2O2S2/c1-13(12(14)18)4-6-15(7-5-13)11(16)10-9(17-2)3-8-19-10/h3,8H,4-7H2,1-2H3,(H2,14,18). The van der Waals surface area contributed by atoms with Crippen molar-refractivity contribution < 1.29 is 9.53 Å². The number of nitrogens with zero attached hydrogens (tertiary/aromatic N) is 1. The summed E-state index contributed by atoms with van der Waals surface area (Å²) >= 11 is 6.52. The van der Waals surface area contributed by atoms with E-state index in [1.54, 1.807) is 7.11 Å². The lowest BCUT2D eigenvalue weighted by molar-refractivity contribution is 0.0672. The molecule has 6 heteroatoms. The summed E-state index contributed by atoms with van der Waals surface area (Å²) in [5.74, 6) is 0.689. The van der Waals surface area contributed by atoms with Crippen molar-refractivity contribution in [1.82, 2.24) is 4.90 Å². The summed E-state index contributed by atoms with van der Waals surface area (Å²) < 4.78 is 5.20. The molecule has 104 valence electrons. The summed E-state index contributed by atoms with van der Waals surface area (Å²) in [7, 11) is 1.58. The van der Waals surface area contributed by atoms with Crippen LogP contribution in [0.1, 0.15) is 29.4 Å². The Kier molecular flexibility index (Phi) is 4.10. The van der Waals surface area contributed by atoms with Crippen molar-refractivity contribution in [3.8, 4) is 5.75 Å². The Morgan fingerprint density at radius 3 is 2.68 bits per heavy atom. The number of methoxy groups -OCH3 is 1. The van der Waals surface area contributed by atoms with Crippen molar-refractivity contribution >= 4 is 34.5 Å². The topological polar surface area (TPSA) is 55.6 Å². The number of amides is 1. The van der Waals surface area contributed by atoms with Gasteiger partial charge in [-0.1, -0.05) is 19.1 Å². The monoisotopic (exact) mass is 298 g/mol. The van der Waals surface area contributed by atoms with Crippen LogP contribution in [0, 0.1) is 5.41 Å². The predicted molar refractivity (Wildman–Crippen MR) is 80.9 cm³/mol. The van der Waals surface area contributed by atoms with Crippen LogP contribution in [0.5, 0.6) is 5.75 Å². The Labute approximate surface area is 122 Å². The normalized spacial score (nSPS) is 18.1. The van der Waals surface area contributed by atoms with E-state index in [-0.39, 0.29) is 11.3 Å². The van der Waals surface area contributed by atoms with Crippen LogP contribution >= 0.6 is 23.6 Å². The van der Waals surface area contributed by atoms with Gasteiger partial charge < -0.3 is 15.4 Å². The Bertz CT molecular complexity index is 491. The molecule has 1 fully saturated rings. The molecule has 1 aromatic heterocycles. The van der Waals surface area contributed by atoms with Gasteiger partial charge in [-0.2, -0.15) is 0 Å². The van der Waals surface area contributed by atoms with Gasteiger partial charge in [0.05, 0.1) is 12.1 Å². The molecule has 0 radical (unpaired) electrons. The predicted octanol–water partition coefficient (Wildman–Crippen LogP) is 2.29. The molecular weight excluding hydrogens is 280 g/mol. The van der Waals surface area contributed by atoms with Crippen LogP contribution in [0.4, 0.5) is 0 Å². The van der Waals surface area contributed by atoms with Crippen molar-refractivity contribution in [2.45, 2.75) is 19.8 Å². The summed E-state index contributed by atoms with van der Waals surface area (Å²) in [6.07, 6.45) is 1.64. The van der Waals surface area contributed by atoms with Crippen molar-refractivity contribution in [1.29, 1.82) is 0 Å². The maximum Gasteiger partial charge on any atom is 0.267 e. The molecule has 0 atom stereocenters. The first-order valence-corrected chi connectivity index (χ1v) is 7.47. The SMILES string of the molecule is COc1ccsc1C(=O)N1CCC(C)(C(N)=S)CC1. The third-order valence-corrected chi connectivity index (χ3v) is 5.17. The number of thiophene rings is 1. The zero-order valence-electron chi connectivity index (χ0n) is 11.1. The Morgan fingerprint density at radius 1 is 1.53 bits per heavy atom. The molecule has 2 heterocycles. The van der Waals surface area contributed by atoms with E-state index in [0.717, 1.165) is 12.8 Å². The van der Waals surface area contributed by atoms with E-state index in [4.69, 9.17) is 22.7 Å². The number of hydrogen-bond donors (Lipinski definition) is 1. The molecular formula is C13H18N2O2S2. The molecule has 0 saturated carbocycles. The molecule has 2 rings (SSSR count). The summed E-state index contributed by atoms with van der Waals surface area (Å²) in [5.41, 5.74) is 5.65. The van der Waals surface area contributed by atoms with Gasteiger partial charge in [0.25, 0.3) is 5.91 Å². The van der Waals surface area contributed by atoms with Crippen LogP contribution in [0.15, 0.2) is 11.4 Å². The van der Waals surface area contributed by atoms with E-state index in [2.05, 4.69) is 6.92 Å². The zero-order valence-corrected chi connectivity index (χ0v) is 12.8. The van der Waals surface area contributed by atoms with Crippen molar-refractivity contribution in [3.05, 3.63) is 16.3 Å². The lowest BCUT2D eigenvalue weighted by Crippen LogP contribution is -2.46. The van der Waals surface area contributed by atoms with Crippen molar-refractivity contribution in [2.24, 2.45) is 11.1 Å². The quantitative estimate of drug-likeness (QED) is 0.870. The fraction of sp³-hybridized carbons (Fsp3) is 0.538. The molecule has 1 saturated heterocycles. The largest absolute Gasteiger partial charge is 0.495 e. The maximum absolute atomic E-state index is 12.4. The fourth-order valence-electron chi connectivity index (χ4n) is 2.21. The van der Waals surface area contributed by atoms with Crippen molar-refractivity contribution in [2.75, 3.05) is 20.2 Å². The molecule has 0 aromatic carbocycles. The van der Waals surface area contributed by atoms with E-state index >= 15 is 0 Å². The fourth-order valence-corrected chi connectivity index (χ4v) is 3.24. The van der Waals surface area contributed by atoms with E-state index in [0.29, 0.717) is 28.7 Å². The first-order chi connectivity index (χ1) is 8.98. The molecule has 1 aliphatic heterocycles. The maximum atomic E-state index is 12.4. The molecule has 2 N–H and O–H groups in total. The van der Waals surface area contributed by atoms with Crippen LogP contribution < -0.4 is 10.5 Å². The highest BCUT2D eigenvalue weighted by molar-refractivity contribution is 7.80. The molecule has 0 aliphatic carbocycles.